The van der Waals surface area contributed by atoms with Gasteiger partial charge >= 0.3 is 5.97 Å². The van der Waals surface area contributed by atoms with E-state index in [0.717, 1.165) is 5.92 Å². The highest BCUT2D eigenvalue weighted by Crippen LogP contribution is 2.27. The van der Waals surface area contributed by atoms with Crippen molar-refractivity contribution in [3.63, 3.8) is 0 Å². The lowest BCUT2D eigenvalue weighted by molar-refractivity contribution is -0.145. The van der Waals surface area contributed by atoms with Gasteiger partial charge < -0.3 is 10.1 Å². The molecule has 0 spiro atoms. The van der Waals surface area contributed by atoms with Gasteiger partial charge in [-0.15, -0.1) is 0 Å². The molecule has 1 N–H and O–H groups in total. The fourth-order valence-corrected chi connectivity index (χ4v) is 2.64. The first-order chi connectivity index (χ1) is 8.08. The van der Waals surface area contributed by atoms with E-state index in [9.17, 15) is 4.79 Å². The van der Waals surface area contributed by atoms with E-state index in [1.165, 1.54) is 39.2 Å². The van der Waals surface area contributed by atoms with E-state index < -0.39 is 0 Å². The average molecular weight is 241 g/mol. The summed E-state index contributed by atoms with van der Waals surface area (Å²) in [7, 11) is 1.46. The van der Waals surface area contributed by atoms with Crippen LogP contribution in [0.25, 0.3) is 0 Å². The summed E-state index contributed by atoms with van der Waals surface area (Å²) in [6, 6.07) is 0.783. The molecule has 3 heteroatoms. The summed E-state index contributed by atoms with van der Waals surface area (Å²) >= 11 is 0. The van der Waals surface area contributed by atoms with Gasteiger partial charge in [0.15, 0.2) is 0 Å². The first-order valence-electron chi connectivity index (χ1n) is 6.92. The number of hydrogen-bond acceptors (Lipinski definition) is 3. The Morgan fingerprint density at radius 3 is 2.35 bits per heavy atom. The van der Waals surface area contributed by atoms with Gasteiger partial charge in [-0.05, 0) is 38.5 Å². The highest BCUT2D eigenvalue weighted by molar-refractivity contribution is 5.72. The predicted molar refractivity (Wildman–Crippen MR) is 69.8 cm³/mol. The summed E-state index contributed by atoms with van der Waals surface area (Å²) in [5.74, 6) is 0.734. The van der Waals surface area contributed by atoms with Crippen molar-refractivity contribution in [1.82, 2.24) is 5.32 Å². The number of carbonyl (C=O) groups is 1. The number of rotatable bonds is 5. The van der Waals surface area contributed by atoms with E-state index in [2.05, 4.69) is 19.2 Å². The van der Waals surface area contributed by atoms with Crippen molar-refractivity contribution >= 4 is 5.97 Å². The zero-order valence-electron chi connectivity index (χ0n) is 11.7. The van der Waals surface area contributed by atoms with Gasteiger partial charge in [-0.2, -0.15) is 0 Å². The van der Waals surface area contributed by atoms with Gasteiger partial charge in [0.2, 0.25) is 0 Å². The van der Waals surface area contributed by atoms with E-state index in [-0.39, 0.29) is 17.9 Å². The summed E-state index contributed by atoms with van der Waals surface area (Å²) in [6.45, 7) is 6.29. The second-order valence-electron chi connectivity index (χ2n) is 5.39. The molecule has 0 heterocycles. The highest BCUT2D eigenvalue weighted by Gasteiger charge is 2.25. The first kappa shape index (κ1) is 14.5. The van der Waals surface area contributed by atoms with Crippen molar-refractivity contribution in [2.45, 2.75) is 65.0 Å². The average Bonchev–Trinajstić information content (AvgIpc) is 2.37. The van der Waals surface area contributed by atoms with Crippen LogP contribution in [-0.4, -0.2) is 25.2 Å². The Bertz CT molecular complexity index is 234. The summed E-state index contributed by atoms with van der Waals surface area (Å²) in [6.07, 6.45) is 6.45. The Balaban J connectivity index is 2.32. The number of esters is 1. The van der Waals surface area contributed by atoms with Gasteiger partial charge in [-0.25, -0.2) is 0 Å². The van der Waals surface area contributed by atoms with E-state index in [1.54, 1.807) is 0 Å². The van der Waals surface area contributed by atoms with Crippen molar-refractivity contribution in [2.75, 3.05) is 7.11 Å². The SMILES string of the molecule is CCC1CCC(NC(C)C(C)C(=O)OC)CC1. The molecule has 1 aliphatic carbocycles. The van der Waals surface area contributed by atoms with Crippen LogP contribution < -0.4 is 5.32 Å². The molecule has 17 heavy (non-hydrogen) atoms. The fraction of sp³-hybridized carbons (Fsp3) is 0.929. The molecule has 1 aliphatic rings. The number of methoxy groups -OCH3 is 1. The minimum atomic E-state index is -0.118. The van der Waals surface area contributed by atoms with Gasteiger partial charge in [0.25, 0.3) is 0 Å². The molecule has 1 fully saturated rings. The lowest BCUT2D eigenvalue weighted by atomic mass is 9.84. The predicted octanol–water partition coefficient (Wildman–Crippen LogP) is 2.74. The monoisotopic (exact) mass is 241 g/mol. The van der Waals surface area contributed by atoms with Crippen LogP contribution in [0.15, 0.2) is 0 Å². The lowest BCUT2D eigenvalue weighted by Crippen LogP contribution is -2.44. The Labute approximate surface area is 105 Å². The molecule has 1 rings (SSSR count). The van der Waals surface area contributed by atoms with Gasteiger partial charge in [-0.3, -0.25) is 4.79 Å². The van der Waals surface area contributed by atoms with Gasteiger partial charge in [0.05, 0.1) is 13.0 Å². The zero-order valence-corrected chi connectivity index (χ0v) is 11.7. The molecule has 2 unspecified atom stereocenters. The zero-order chi connectivity index (χ0) is 12.8. The second kappa shape index (κ2) is 7.00. The Morgan fingerprint density at radius 2 is 1.88 bits per heavy atom. The number of nitrogens with one attached hydrogen (secondary N) is 1. The summed E-state index contributed by atoms with van der Waals surface area (Å²) in [4.78, 5) is 11.4. The minimum absolute atomic E-state index is 0.0658. The molecule has 0 aliphatic heterocycles. The molecule has 1 saturated carbocycles. The van der Waals surface area contributed by atoms with Crippen LogP contribution in [-0.2, 0) is 9.53 Å². The van der Waals surface area contributed by atoms with E-state index in [4.69, 9.17) is 4.74 Å². The van der Waals surface area contributed by atoms with Crippen molar-refractivity contribution in [3.05, 3.63) is 0 Å². The molecule has 3 nitrogen and oxygen atoms in total. The van der Waals surface area contributed by atoms with Crippen molar-refractivity contribution < 1.29 is 9.53 Å². The molecule has 2 atom stereocenters. The Kier molecular flexibility index (Phi) is 5.96. The van der Waals surface area contributed by atoms with Gasteiger partial charge in [0.1, 0.15) is 0 Å². The number of hydrogen-bond donors (Lipinski definition) is 1. The highest BCUT2D eigenvalue weighted by atomic mass is 16.5. The smallest absolute Gasteiger partial charge is 0.309 e. The quantitative estimate of drug-likeness (QED) is 0.752. The topological polar surface area (TPSA) is 38.3 Å². The van der Waals surface area contributed by atoms with Crippen LogP contribution in [0.5, 0.6) is 0 Å². The lowest BCUT2D eigenvalue weighted by Gasteiger charge is -2.32. The standard InChI is InChI=1S/C14H27NO2/c1-5-12-6-8-13(9-7-12)15-11(3)10(2)14(16)17-4/h10-13,15H,5-9H2,1-4H3. The largest absolute Gasteiger partial charge is 0.469 e. The van der Waals surface area contributed by atoms with E-state index in [0.29, 0.717) is 6.04 Å². The van der Waals surface area contributed by atoms with E-state index >= 15 is 0 Å². The van der Waals surface area contributed by atoms with Crippen LogP contribution in [0.2, 0.25) is 0 Å². The molecular formula is C14H27NO2. The molecule has 0 aromatic carbocycles. The summed E-state index contributed by atoms with van der Waals surface area (Å²) in [5, 5.41) is 3.58. The third kappa shape index (κ3) is 4.30. The minimum Gasteiger partial charge on any atom is -0.469 e. The molecule has 0 amide bonds. The number of ether oxygens (including phenoxy) is 1. The molecule has 0 radical (unpaired) electrons. The third-order valence-electron chi connectivity index (χ3n) is 4.25. The molecule has 0 bridgehead atoms. The number of carbonyl (C=O) groups excluding carboxylic acids is 1. The maximum atomic E-state index is 11.4. The Hall–Kier alpha value is -0.570. The van der Waals surface area contributed by atoms with Crippen LogP contribution in [0.1, 0.15) is 52.9 Å². The Morgan fingerprint density at radius 1 is 1.29 bits per heavy atom. The van der Waals surface area contributed by atoms with Crippen LogP contribution in [0.3, 0.4) is 0 Å². The first-order valence-corrected chi connectivity index (χ1v) is 6.92. The maximum Gasteiger partial charge on any atom is 0.309 e. The van der Waals surface area contributed by atoms with Crippen molar-refractivity contribution in [2.24, 2.45) is 11.8 Å². The maximum absolute atomic E-state index is 11.4. The normalized spacial score (nSPS) is 28.5. The van der Waals surface area contributed by atoms with Gasteiger partial charge in [-0.1, -0.05) is 20.3 Å². The molecule has 0 aromatic heterocycles. The van der Waals surface area contributed by atoms with Crippen molar-refractivity contribution in [1.29, 1.82) is 0 Å². The van der Waals surface area contributed by atoms with Gasteiger partial charge in [0, 0.05) is 12.1 Å². The molecule has 0 saturated heterocycles. The van der Waals surface area contributed by atoms with E-state index in [1.807, 2.05) is 6.92 Å². The molecular weight excluding hydrogens is 214 g/mol. The summed E-state index contributed by atoms with van der Waals surface area (Å²) < 4.78 is 4.78. The van der Waals surface area contributed by atoms with Crippen LogP contribution in [0.4, 0.5) is 0 Å². The summed E-state index contributed by atoms with van der Waals surface area (Å²) in [5.41, 5.74) is 0. The van der Waals surface area contributed by atoms with Crippen molar-refractivity contribution in [3.8, 4) is 0 Å². The fourth-order valence-electron chi connectivity index (χ4n) is 2.64. The second-order valence-corrected chi connectivity index (χ2v) is 5.39. The molecule has 100 valence electrons. The van der Waals surface area contributed by atoms with Crippen LogP contribution >= 0.6 is 0 Å². The van der Waals surface area contributed by atoms with Crippen LogP contribution in [0, 0.1) is 11.8 Å². The third-order valence-corrected chi connectivity index (χ3v) is 4.25. The molecule has 0 aromatic rings.